The number of fused-ring (bicyclic) bond motifs is 1. The van der Waals surface area contributed by atoms with Crippen molar-refractivity contribution in [2.24, 2.45) is 5.92 Å². The second-order valence-corrected chi connectivity index (χ2v) is 6.05. The number of aromatic nitrogens is 2. The Bertz CT molecular complexity index is 460. The molecule has 0 fully saturated rings. The lowest BCUT2D eigenvalue weighted by molar-refractivity contribution is 0.0601. The number of hydrogen-bond donors (Lipinski definition) is 1. The Morgan fingerprint density at radius 3 is 2.22 bits per heavy atom. The first-order valence-corrected chi connectivity index (χ1v) is 6.77. The van der Waals surface area contributed by atoms with Crippen LogP contribution in [0.3, 0.4) is 0 Å². The van der Waals surface area contributed by atoms with E-state index in [1.807, 2.05) is 4.90 Å². The Kier molecular flexibility index (Phi) is 3.21. The average Bonchev–Trinajstić information content (AvgIpc) is 2.76. The molecule has 100 valence electrons. The number of carbonyl (C=O) groups excluding carboxylic acids is 1. The highest BCUT2D eigenvalue weighted by Crippen LogP contribution is 2.42. The standard InChI is InChI=1S/C14H23N3O/c1-7(2)11-10-12(16-15-11)14(18)17(9(5)6)13(10)8(3)4/h7-9,13H,1-6H3,(H,15,16). The van der Waals surface area contributed by atoms with Crippen molar-refractivity contribution >= 4 is 5.91 Å². The number of nitrogens with one attached hydrogen (secondary N) is 1. The molecule has 4 nitrogen and oxygen atoms in total. The monoisotopic (exact) mass is 249 g/mol. The fourth-order valence-corrected chi connectivity index (χ4v) is 2.87. The van der Waals surface area contributed by atoms with Crippen molar-refractivity contribution in [2.75, 3.05) is 0 Å². The molecule has 1 aliphatic heterocycles. The third-order valence-electron chi connectivity index (χ3n) is 3.61. The fourth-order valence-electron chi connectivity index (χ4n) is 2.87. The molecule has 0 aromatic carbocycles. The number of nitrogens with zero attached hydrogens (tertiary/aromatic N) is 2. The molecule has 4 heteroatoms. The molecular weight excluding hydrogens is 226 g/mol. The van der Waals surface area contributed by atoms with Gasteiger partial charge in [0.05, 0.1) is 11.7 Å². The number of carbonyl (C=O) groups is 1. The van der Waals surface area contributed by atoms with Crippen molar-refractivity contribution in [1.29, 1.82) is 0 Å². The van der Waals surface area contributed by atoms with E-state index < -0.39 is 0 Å². The first-order valence-electron chi connectivity index (χ1n) is 6.77. The highest BCUT2D eigenvalue weighted by atomic mass is 16.2. The highest BCUT2D eigenvalue weighted by molar-refractivity contribution is 5.98. The molecule has 2 rings (SSSR count). The SMILES string of the molecule is CC(C)c1n[nH]c2c1C(C(C)C)N(C(C)C)C2=O. The second-order valence-electron chi connectivity index (χ2n) is 6.05. The number of H-pyrrole nitrogens is 1. The zero-order valence-electron chi connectivity index (χ0n) is 12.1. The molecule has 0 saturated carbocycles. The molecule has 1 atom stereocenters. The molecule has 1 amide bonds. The summed E-state index contributed by atoms with van der Waals surface area (Å²) in [6.45, 7) is 12.7. The van der Waals surface area contributed by atoms with Crippen LogP contribution in [0.25, 0.3) is 0 Å². The molecule has 18 heavy (non-hydrogen) atoms. The van der Waals surface area contributed by atoms with Crippen LogP contribution in [0.1, 0.15) is 75.2 Å². The van der Waals surface area contributed by atoms with E-state index in [0.717, 1.165) is 11.3 Å². The molecule has 1 aliphatic rings. The van der Waals surface area contributed by atoms with Gasteiger partial charge in [0.15, 0.2) is 0 Å². The first-order chi connectivity index (χ1) is 8.36. The van der Waals surface area contributed by atoms with Gasteiger partial charge in [0, 0.05) is 11.6 Å². The predicted molar refractivity (Wildman–Crippen MR) is 71.6 cm³/mol. The second kappa shape index (κ2) is 4.41. The van der Waals surface area contributed by atoms with Crippen molar-refractivity contribution in [1.82, 2.24) is 15.1 Å². The Balaban J connectivity index is 2.56. The Morgan fingerprint density at radius 2 is 1.78 bits per heavy atom. The zero-order valence-corrected chi connectivity index (χ0v) is 12.1. The van der Waals surface area contributed by atoms with Gasteiger partial charge in [-0.2, -0.15) is 5.10 Å². The number of aromatic amines is 1. The summed E-state index contributed by atoms with van der Waals surface area (Å²) in [6, 6.07) is 0.370. The zero-order chi connectivity index (χ0) is 13.6. The van der Waals surface area contributed by atoms with Gasteiger partial charge >= 0.3 is 0 Å². The van der Waals surface area contributed by atoms with Crippen LogP contribution in [0, 0.1) is 5.92 Å². The third kappa shape index (κ3) is 1.74. The van der Waals surface area contributed by atoms with Crippen LogP contribution in [-0.2, 0) is 0 Å². The quantitative estimate of drug-likeness (QED) is 0.894. The van der Waals surface area contributed by atoms with Crippen LogP contribution in [0.4, 0.5) is 0 Å². The topological polar surface area (TPSA) is 49.0 Å². The Labute approximate surface area is 109 Å². The molecule has 1 unspecified atom stereocenters. The van der Waals surface area contributed by atoms with Crippen molar-refractivity contribution in [3.05, 3.63) is 17.0 Å². The van der Waals surface area contributed by atoms with Crippen LogP contribution in [-0.4, -0.2) is 27.0 Å². The summed E-state index contributed by atoms with van der Waals surface area (Å²) in [6.07, 6.45) is 0. The van der Waals surface area contributed by atoms with Gasteiger partial charge in [-0.1, -0.05) is 27.7 Å². The minimum atomic E-state index is 0.0955. The van der Waals surface area contributed by atoms with E-state index in [9.17, 15) is 4.79 Å². The fraction of sp³-hybridized carbons (Fsp3) is 0.714. The summed E-state index contributed by atoms with van der Waals surface area (Å²) in [5.74, 6) is 0.831. The van der Waals surface area contributed by atoms with E-state index in [-0.39, 0.29) is 18.0 Å². The molecule has 1 aromatic rings. The van der Waals surface area contributed by atoms with Crippen molar-refractivity contribution < 1.29 is 4.79 Å². The number of amides is 1. The first kappa shape index (κ1) is 13.1. The van der Waals surface area contributed by atoms with Gasteiger partial charge in [-0.15, -0.1) is 0 Å². The number of hydrogen-bond acceptors (Lipinski definition) is 2. The van der Waals surface area contributed by atoms with E-state index in [0.29, 0.717) is 17.5 Å². The molecule has 0 bridgehead atoms. The Morgan fingerprint density at radius 1 is 1.17 bits per heavy atom. The third-order valence-corrected chi connectivity index (χ3v) is 3.61. The predicted octanol–water partition coefficient (Wildman–Crippen LogP) is 3.09. The minimum Gasteiger partial charge on any atom is -0.327 e. The maximum absolute atomic E-state index is 12.4. The van der Waals surface area contributed by atoms with Gasteiger partial charge in [-0.25, -0.2) is 0 Å². The summed E-state index contributed by atoms with van der Waals surface area (Å²) < 4.78 is 0. The lowest BCUT2D eigenvalue weighted by atomic mass is 9.92. The van der Waals surface area contributed by atoms with Crippen molar-refractivity contribution in [3.63, 3.8) is 0 Å². The average molecular weight is 249 g/mol. The maximum atomic E-state index is 12.4. The maximum Gasteiger partial charge on any atom is 0.272 e. The summed E-state index contributed by atoms with van der Waals surface area (Å²) in [5, 5.41) is 7.29. The largest absolute Gasteiger partial charge is 0.327 e. The lowest BCUT2D eigenvalue weighted by Gasteiger charge is -2.32. The molecule has 0 spiro atoms. The molecule has 1 N–H and O–H groups in total. The van der Waals surface area contributed by atoms with Gasteiger partial charge in [0.2, 0.25) is 0 Å². The summed E-state index contributed by atoms with van der Waals surface area (Å²) in [7, 11) is 0. The molecule has 0 aliphatic carbocycles. The lowest BCUT2D eigenvalue weighted by Crippen LogP contribution is -2.37. The smallest absolute Gasteiger partial charge is 0.272 e. The van der Waals surface area contributed by atoms with Gasteiger partial charge in [-0.3, -0.25) is 9.89 Å². The van der Waals surface area contributed by atoms with Crippen LogP contribution in [0.15, 0.2) is 0 Å². The van der Waals surface area contributed by atoms with Gasteiger partial charge in [-0.05, 0) is 25.7 Å². The molecule has 0 saturated heterocycles. The Hall–Kier alpha value is -1.32. The van der Waals surface area contributed by atoms with Crippen molar-refractivity contribution in [3.8, 4) is 0 Å². The van der Waals surface area contributed by atoms with Crippen LogP contribution >= 0.6 is 0 Å². The summed E-state index contributed by atoms with van der Waals surface area (Å²) >= 11 is 0. The molecular formula is C14H23N3O. The van der Waals surface area contributed by atoms with Crippen LogP contribution < -0.4 is 0 Å². The van der Waals surface area contributed by atoms with E-state index >= 15 is 0 Å². The molecule has 2 heterocycles. The normalized spacial score (nSPS) is 19.5. The van der Waals surface area contributed by atoms with E-state index in [2.05, 4.69) is 51.7 Å². The van der Waals surface area contributed by atoms with E-state index in [4.69, 9.17) is 0 Å². The van der Waals surface area contributed by atoms with Gasteiger partial charge < -0.3 is 4.90 Å². The van der Waals surface area contributed by atoms with Gasteiger partial charge in [0.25, 0.3) is 5.91 Å². The van der Waals surface area contributed by atoms with E-state index in [1.54, 1.807) is 0 Å². The van der Waals surface area contributed by atoms with Crippen molar-refractivity contribution in [2.45, 2.75) is 59.5 Å². The van der Waals surface area contributed by atoms with Crippen LogP contribution in [0.5, 0.6) is 0 Å². The molecule has 0 radical (unpaired) electrons. The molecule has 1 aromatic heterocycles. The van der Waals surface area contributed by atoms with Crippen LogP contribution in [0.2, 0.25) is 0 Å². The minimum absolute atomic E-state index is 0.0955. The van der Waals surface area contributed by atoms with E-state index in [1.165, 1.54) is 0 Å². The highest BCUT2D eigenvalue weighted by Gasteiger charge is 2.43. The van der Waals surface area contributed by atoms with Gasteiger partial charge in [0.1, 0.15) is 5.69 Å². The number of rotatable bonds is 3. The summed E-state index contributed by atoms with van der Waals surface area (Å²) in [4.78, 5) is 14.4. The summed E-state index contributed by atoms with van der Waals surface area (Å²) in [5.41, 5.74) is 2.87.